The third kappa shape index (κ3) is 2.81. The zero-order chi connectivity index (χ0) is 15.0. The molecule has 1 aromatic carbocycles. The van der Waals surface area contributed by atoms with Gasteiger partial charge in [0.15, 0.2) is 0 Å². The number of halogens is 1. The Kier molecular flexibility index (Phi) is 3.72. The third-order valence-corrected chi connectivity index (χ3v) is 4.25. The molecule has 2 aromatic rings. The summed E-state index contributed by atoms with van der Waals surface area (Å²) in [6.07, 6.45) is 3.24. The summed E-state index contributed by atoms with van der Waals surface area (Å²) in [5.74, 6) is 0.641. The Bertz CT molecular complexity index is 760. The van der Waals surface area contributed by atoms with Crippen molar-refractivity contribution in [1.29, 1.82) is 0 Å². The topological polar surface area (TPSA) is 54.9 Å². The molecule has 0 amide bonds. The number of hydrogen-bond acceptors (Lipinski definition) is 2. The van der Waals surface area contributed by atoms with Crippen LogP contribution in [0, 0.1) is 5.92 Å². The van der Waals surface area contributed by atoms with E-state index in [0.29, 0.717) is 11.5 Å². The summed E-state index contributed by atoms with van der Waals surface area (Å²) in [6.45, 7) is 1.91. The highest BCUT2D eigenvalue weighted by Gasteiger charge is 2.26. The minimum Gasteiger partial charge on any atom is -0.297 e. The molecule has 0 radical (unpaired) electrons. The fourth-order valence-corrected chi connectivity index (χ4v) is 2.99. The number of aromatic nitrogens is 2. The zero-order valence-corrected chi connectivity index (χ0v) is 12.6. The van der Waals surface area contributed by atoms with Crippen molar-refractivity contribution in [2.45, 2.75) is 32.2 Å². The Morgan fingerprint density at radius 2 is 1.95 bits per heavy atom. The Balaban J connectivity index is 2.13. The lowest BCUT2D eigenvalue weighted by Crippen LogP contribution is -2.38. The van der Waals surface area contributed by atoms with E-state index >= 15 is 0 Å². The van der Waals surface area contributed by atoms with Crippen LogP contribution >= 0.6 is 11.6 Å². The van der Waals surface area contributed by atoms with Crippen molar-refractivity contribution in [3.8, 4) is 11.1 Å². The van der Waals surface area contributed by atoms with E-state index in [4.69, 9.17) is 11.6 Å². The lowest BCUT2D eigenvalue weighted by molar-refractivity contribution is 0.447. The van der Waals surface area contributed by atoms with Gasteiger partial charge in [-0.1, -0.05) is 54.8 Å². The van der Waals surface area contributed by atoms with Crippen molar-refractivity contribution in [3.05, 3.63) is 56.3 Å². The van der Waals surface area contributed by atoms with Crippen LogP contribution in [0.15, 0.2) is 39.9 Å². The van der Waals surface area contributed by atoms with Gasteiger partial charge < -0.3 is 0 Å². The molecule has 1 N–H and O–H groups in total. The van der Waals surface area contributed by atoms with E-state index in [2.05, 4.69) is 4.98 Å². The average molecular weight is 305 g/mol. The summed E-state index contributed by atoms with van der Waals surface area (Å²) < 4.78 is 1.30. The summed E-state index contributed by atoms with van der Waals surface area (Å²) >= 11 is 6.10. The van der Waals surface area contributed by atoms with E-state index in [1.54, 1.807) is 0 Å². The smallest absolute Gasteiger partial charge is 0.297 e. The van der Waals surface area contributed by atoms with Crippen LogP contribution in [0.3, 0.4) is 0 Å². The Hall–Kier alpha value is -1.81. The average Bonchev–Trinajstić information content (AvgIpc) is 3.23. The molecule has 21 heavy (non-hydrogen) atoms. The molecule has 0 bridgehead atoms. The van der Waals surface area contributed by atoms with E-state index in [-0.39, 0.29) is 16.8 Å². The van der Waals surface area contributed by atoms with Gasteiger partial charge in [-0.15, -0.1) is 0 Å². The Labute approximate surface area is 127 Å². The molecule has 1 saturated carbocycles. The van der Waals surface area contributed by atoms with Crippen molar-refractivity contribution in [2.75, 3.05) is 0 Å². The van der Waals surface area contributed by atoms with Crippen molar-refractivity contribution < 1.29 is 0 Å². The van der Waals surface area contributed by atoms with E-state index in [0.717, 1.165) is 12.0 Å². The van der Waals surface area contributed by atoms with E-state index < -0.39 is 5.69 Å². The molecule has 1 aliphatic rings. The first-order chi connectivity index (χ1) is 10.1. The molecule has 110 valence electrons. The van der Waals surface area contributed by atoms with Crippen molar-refractivity contribution in [2.24, 2.45) is 5.92 Å². The first kappa shape index (κ1) is 14.1. The monoisotopic (exact) mass is 304 g/mol. The molecule has 5 heteroatoms. The number of nitrogens with one attached hydrogen (secondary N) is 1. The SMILES string of the molecule is CC(CC1CC1)n1c(=O)[nH]c(Cl)c(-c2ccccc2)c1=O. The van der Waals surface area contributed by atoms with E-state index in [1.807, 2.05) is 37.3 Å². The van der Waals surface area contributed by atoms with Gasteiger partial charge in [0.1, 0.15) is 5.15 Å². The molecule has 1 aromatic heterocycles. The van der Waals surface area contributed by atoms with Crippen LogP contribution in [0.25, 0.3) is 11.1 Å². The first-order valence-electron chi connectivity index (χ1n) is 7.17. The van der Waals surface area contributed by atoms with Gasteiger partial charge in [-0.25, -0.2) is 4.79 Å². The quantitative estimate of drug-likeness (QED) is 0.882. The van der Waals surface area contributed by atoms with Gasteiger partial charge in [0.2, 0.25) is 0 Å². The van der Waals surface area contributed by atoms with Gasteiger partial charge >= 0.3 is 5.69 Å². The van der Waals surface area contributed by atoms with Crippen LogP contribution in [-0.2, 0) is 0 Å². The van der Waals surface area contributed by atoms with E-state index in [1.165, 1.54) is 17.4 Å². The minimum atomic E-state index is -0.433. The Morgan fingerprint density at radius 1 is 1.29 bits per heavy atom. The van der Waals surface area contributed by atoms with Crippen LogP contribution in [0.1, 0.15) is 32.2 Å². The predicted molar refractivity (Wildman–Crippen MR) is 83.8 cm³/mol. The van der Waals surface area contributed by atoms with E-state index in [9.17, 15) is 9.59 Å². The highest BCUT2D eigenvalue weighted by atomic mass is 35.5. The number of H-pyrrole nitrogens is 1. The standard InChI is InChI=1S/C16H17ClN2O2/c1-10(9-11-7-8-11)19-15(20)13(14(17)18-16(19)21)12-5-3-2-4-6-12/h2-6,10-11H,7-9H2,1H3,(H,18,21). The molecular formula is C16H17ClN2O2. The molecule has 1 atom stereocenters. The number of hydrogen-bond donors (Lipinski definition) is 1. The highest BCUT2D eigenvalue weighted by Crippen LogP contribution is 2.36. The summed E-state index contributed by atoms with van der Waals surface area (Å²) in [4.78, 5) is 27.4. The van der Waals surface area contributed by atoms with Gasteiger partial charge in [0, 0.05) is 6.04 Å². The number of rotatable bonds is 4. The fourth-order valence-electron chi connectivity index (χ4n) is 2.72. The normalized spacial score (nSPS) is 15.9. The van der Waals surface area contributed by atoms with Gasteiger partial charge in [0.05, 0.1) is 5.56 Å². The lowest BCUT2D eigenvalue weighted by atomic mass is 10.1. The summed E-state index contributed by atoms with van der Waals surface area (Å²) in [6, 6.07) is 9.07. The predicted octanol–water partition coefficient (Wildman–Crippen LogP) is 3.22. The second kappa shape index (κ2) is 5.53. The molecule has 3 rings (SSSR count). The molecule has 0 aliphatic heterocycles. The second-order valence-electron chi connectivity index (χ2n) is 5.69. The lowest BCUT2D eigenvalue weighted by Gasteiger charge is -2.15. The molecular weight excluding hydrogens is 288 g/mol. The number of nitrogens with zero attached hydrogens (tertiary/aromatic N) is 1. The molecule has 1 unspecified atom stereocenters. The molecule has 4 nitrogen and oxygen atoms in total. The number of benzene rings is 1. The maximum Gasteiger partial charge on any atom is 0.329 e. The summed E-state index contributed by atoms with van der Waals surface area (Å²) in [5.41, 5.74) is 0.330. The Morgan fingerprint density at radius 3 is 2.57 bits per heavy atom. The third-order valence-electron chi connectivity index (χ3n) is 3.96. The largest absolute Gasteiger partial charge is 0.329 e. The first-order valence-corrected chi connectivity index (χ1v) is 7.55. The van der Waals surface area contributed by atoms with Crippen molar-refractivity contribution in [3.63, 3.8) is 0 Å². The number of aromatic amines is 1. The van der Waals surface area contributed by atoms with Crippen LogP contribution in [0.4, 0.5) is 0 Å². The fraction of sp³-hybridized carbons (Fsp3) is 0.375. The van der Waals surface area contributed by atoms with Crippen LogP contribution in [0.5, 0.6) is 0 Å². The van der Waals surface area contributed by atoms with Gasteiger partial charge in [-0.3, -0.25) is 14.3 Å². The van der Waals surface area contributed by atoms with Gasteiger partial charge in [-0.05, 0) is 24.8 Å². The zero-order valence-electron chi connectivity index (χ0n) is 11.8. The van der Waals surface area contributed by atoms with Gasteiger partial charge in [-0.2, -0.15) is 0 Å². The molecule has 1 fully saturated rings. The second-order valence-corrected chi connectivity index (χ2v) is 6.07. The molecule has 1 heterocycles. The van der Waals surface area contributed by atoms with Gasteiger partial charge in [0.25, 0.3) is 5.56 Å². The maximum atomic E-state index is 12.7. The molecule has 1 aliphatic carbocycles. The molecule has 0 saturated heterocycles. The van der Waals surface area contributed by atoms with Crippen LogP contribution in [-0.4, -0.2) is 9.55 Å². The summed E-state index contributed by atoms with van der Waals surface area (Å²) in [5, 5.41) is 0.103. The molecule has 0 spiro atoms. The van der Waals surface area contributed by atoms with Crippen LogP contribution in [0.2, 0.25) is 5.15 Å². The van der Waals surface area contributed by atoms with Crippen molar-refractivity contribution in [1.82, 2.24) is 9.55 Å². The van der Waals surface area contributed by atoms with Crippen LogP contribution < -0.4 is 11.2 Å². The maximum absolute atomic E-state index is 12.7. The minimum absolute atomic E-state index is 0.103. The highest BCUT2D eigenvalue weighted by molar-refractivity contribution is 6.32. The van der Waals surface area contributed by atoms with Crippen molar-refractivity contribution >= 4 is 11.6 Å². The summed E-state index contributed by atoms with van der Waals surface area (Å²) in [7, 11) is 0.